The minimum absolute atomic E-state index is 0.180. The lowest BCUT2D eigenvalue weighted by Crippen LogP contribution is -2.40. The molecule has 1 unspecified atom stereocenters. The van der Waals surface area contributed by atoms with E-state index in [1.54, 1.807) is 50.4 Å². The van der Waals surface area contributed by atoms with Crippen LogP contribution in [-0.4, -0.2) is 58.1 Å². The first-order valence-electron chi connectivity index (χ1n) is 9.19. The molecule has 2 aromatic rings. The second-order valence-corrected chi connectivity index (χ2v) is 8.40. The molecular formula is C20H24N2O6S. The molecule has 29 heavy (non-hydrogen) atoms. The van der Waals surface area contributed by atoms with Gasteiger partial charge in [0, 0.05) is 18.8 Å². The number of rotatable bonds is 7. The van der Waals surface area contributed by atoms with Gasteiger partial charge in [-0.3, -0.25) is 4.79 Å². The molecule has 1 atom stereocenters. The Kier molecular flexibility index (Phi) is 6.73. The number of amides is 1. The minimum atomic E-state index is -3.56. The van der Waals surface area contributed by atoms with E-state index in [4.69, 9.17) is 14.2 Å². The van der Waals surface area contributed by atoms with Crippen LogP contribution in [0.5, 0.6) is 11.5 Å². The van der Waals surface area contributed by atoms with Crippen molar-refractivity contribution in [1.29, 1.82) is 0 Å². The van der Waals surface area contributed by atoms with Crippen molar-refractivity contribution in [3.05, 3.63) is 48.5 Å². The van der Waals surface area contributed by atoms with Crippen molar-refractivity contribution in [2.75, 3.05) is 38.7 Å². The summed E-state index contributed by atoms with van der Waals surface area (Å²) >= 11 is 0. The number of carbonyl (C=O) groups excluding carboxylic acids is 1. The third-order valence-electron chi connectivity index (χ3n) is 4.47. The fraction of sp³-hybridized carbons (Fsp3) is 0.350. The summed E-state index contributed by atoms with van der Waals surface area (Å²) in [4.78, 5) is 12.5. The molecule has 0 saturated carbocycles. The highest BCUT2D eigenvalue weighted by atomic mass is 32.2. The molecule has 1 aliphatic rings. The second kappa shape index (κ2) is 9.25. The molecule has 1 aliphatic heterocycles. The van der Waals surface area contributed by atoms with Crippen molar-refractivity contribution in [2.45, 2.75) is 17.9 Å². The Balaban J connectivity index is 1.60. The van der Waals surface area contributed by atoms with Crippen molar-refractivity contribution in [1.82, 2.24) is 4.31 Å². The van der Waals surface area contributed by atoms with Crippen LogP contribution in [0, 0.1) is 0 Å². The molecule has 1 N–H and O–H groups in total. The van der Waals surface area contributed by atoms with Crippen molar-refractivity contribution in [3.63, 3.8) is 0 Å². The zero-order chi connectivity index (χ0) is 20.9. The lowest BCUT2D eigenvalue weighted by molar-refractivity contribution is -0.122. The predicted octanol–water partition coefficient (Wildman–Crippen LogP) is 2.12. The summed E-state index contributed by atoms with van der Waals surface area (Å²) in [7, 11) is -1.99. The number of ether oxygens (including phenoxy) is 3. The van der Waals surface area contributed by atoms with Gasteiger partial charge in [0.2, 0.25) is 10.0 Å². The standard InChI is InChI=1S/C20H24N2O6S/c1-15(28-18-7-5-17(26-2)6-8-18)20(23)21-16-3-9-19(10-4-16)29(24,25)22-11-13-27-14-12-22/h3-10,15H,11-14H2,1-2H3,(H,21,23). The quantitative estimate of drug-likeness (QED) is 0.737. The van der Waals surface area contributed by atoms with Gasteiger partial charge < -0.3 is 19.5 Å². The van der Waals surface area contributed by atoms with Gasteiger partial charge in [-0.15, -0.1) is 0 Å². The molecule has 0 bridgehead atoms. The summed E-state index contributed by atoms with van der Waals surface area (Å²) in [5, 5.41) is 2.73. The fourth-order valence-electron chi connectivity index (χ4n) is 2.80. The van der Waals surface area contributed by atoms with Crippen molar-refractivity contribution < 1.29 is 27.4 Å². The Labute approximate surface area is 170 Å². The van der Waals surface area contributed by atoms with Crippen molar-refractivity contribution >= 4 is 21.6 Å². The van der Waals surface area contributed by atoms with Crippen molar-refractivity contribution in [2.24, 2.45) is 0 Å². The van der Waals surface area contributed by atoms with E-state index >= 15 is 0 Å². The van der Waals surface area contributed by atoms with E-state index in [9.17, 15) is 13.2 Å². The van der Waals surface area contributed by atoms with Gasteiger partial charge >= 0.3 is 0 Å². The number of nitrogens with one attached hydrogen (secondary N) is 1. The van der Waals surface area contributed by atoms with E-state index in [-0.39, 0.29) is 10.8 Å². The highest BCUT2D eigenvalue weighted by Crippen LogP contribution is 2.21. The van der Waals surface area contributed by atoms with Gasteiger partial charge in [-0.1, -0.05) is 0 Å². The molecule has 156 valence electrons. The first-order valence-corrected chi connectivity index (χ1v) is 10.6. The lowest BCUT2D eigenvalue weighted by atomic mass is 10.3. The summed E-state index contributed by atoms with van der Waals surface area (Å²) in [5.41, 5.74) is 0.487. The minimum Gasteiger partial charge on any atom is -0.497 e. The summed E-state index contributed by atoms with van der Waals surface area (Å²) in [6.45, 7) is 3.08. The van der Waals surface area contributed by atoms with E-state index in [0.29, 0.717) is 43.5 Å². The maximum atomic E-state index is 12.6. The monoisotopic (exact) mass is 420 g/mol. The highest BCUT2D eigenvalue weighted by molar-refractivity contribution is 7.89. The smallest absolute Gasteiger partial charge is 0.265 e. The Morgan fingerprint density at radius 1 is 1.03 bits per heavy atom. The van der Waals surface area contributed by atoms with E-state index in [1.165, 1.54) is 16.4 Å². The topological polar surface area (TPSA) is 94.2 Å². The zero-order valence-corrected chi connectivity index (χ0v) is 17.1. The van der Waals surface area contributed by atoms with Crippen LogP contribution < -0.4 is 14.8 Å². The van der Waals surface area contributed by atoms with Gasteiger partial charge in [-0.2, -0.15) is 4.31 Å². The molecule has 1 saturated heterocycles. The molecule has 1 fully saturated rings. The Bertz CT molecular complexity index is 922. The average molecular weight is 420 g/mol. The van der Waals surface area contributed by atoms with E-state index in [1.807, 2.05) is 0 Å². The van der Waals surface area contributed by atoms with Gasteiger partial charge in [0.25, 0.3) is 5.91 Å². The average Bonchev–Trinajstić information content (AvgIpc) is 2.75. The number of morpholine rings is 1. The number of methoxy groups -OCH3 is 1. The molecule has 0 spiro atoms. The van der Waals surface area contributed by atoms with Crippen LogP contribution in [0.4, 0.5) is 5.69 Å². The fourth-order valence-corrected chi connectivity index (χ4v) is 4.21. The number of hydrogen-bond donors (Lipinski definition) is 1. The van der Waals surface area contributed by atoms with Gasteiger partial charge in [0.1, 0.15) is 11.5 Å². The molecule has 2 aromatic carbocycles. The van der Waals surface area contributed by atoms with Gasteiger partial charge in [-0.05, 0) is 55.5 Å². The van der Waals surface area contributed by atoms with Crippen LogP contribution in [0.2, 0.25) is 0 Å². The normalized spacial score (nSPS) is 16.1. The first kappa shape index (κ1) is 21.1. The summed E-state index contributed by atoms with van der Waals surface area (Å²) in [6, 6.07) is 13.0. The largest absolute Gasteiger partial charge is 0.497 e. The number of nitrogens with zero attached hydrogens (tertiary/aromatic N) is 1. The molecule has 3 rings (SSSR count). The van der Waals surface area contributed by atoms with Gasteiger partial charge in [0.05, 0.1) is 25.2 Å². The van der Waals surface area contributed by atoms with Crippen LogP contribution in [0.1, 0.15) is 6.92 Å². The molecule has 0 aromatic heterocycles. The van der Waals surface area contributed by atoms with Crippen LogP contribution in [0.15, 0.2) is 53.4 Å². The Morgan fingerprint density at radius 3 is 2.21 bits per heavy atom. The highest BCUT2D eigenvalue weighted by Gasteiger charge is 2.26. The zero-order valence-electron chi connectivity index (χ0n) is 16.3. The third-order valence-corrected chi connectivity index (χ3v) is 6.38. The third kappa shape index (κ3) is 5.26. The maximum Gasteiger partial charge on any atom is 0.265 e. The molecule has 0 radical (unpaired) electrons. The first-order chi connectivity index (χ1) is 13.9. The van der Waals surface area contributed by atoms with Crippen LogP contribution in [0.3, 0.4) is 0 Å². The molecular weight excluding hydrogens is 396 g/mol. The number of carbonyl (C=O) groups is 1. The van der Waals surface area contributed by atoms with E-state index in [0.717, 1.165) is 0 Å². The Hall–Kier alpha value is -2.62. The molecule has 9 heteroatoms. The van der Waals surface area contributed by atoms with Gasteiger partial charge in [-0.25, -0.2) is 8.42 Å². The van der Waals surface area contributed by atoms with Crippen molar-refractivity contribution in [3.8, 4) is 11.5 Å². The molecule has 8 nitrogen and oxygen atoms in total. The van der Waals surface area contributed by atoms with E-state index in [2.05, 4.69) is 5.32 Å². The number of sulfonamides is 1. The second-order valence-electron chi connectivity index (χ2n) is 6.47. The van der Waals surface area contributed by atoms with Crippen LogP contribution in [-0.2, 0) is 19.6 Å². The number of hydrogen-bond acceptors (Lipinski definition) is 6. The number of anilines is 1. The summed E-state index contributed by atoms with van der Waals surface area (Å²) in [5.74, 6) is 0.895. The van der Waals surface area contributed by atoms with Crippen LogP contribution >= 0.6 is 0 Å². The Morgan fingerprint density at radius 2 is 1.62 bits per heavy atom. The maximum absolute atomic E-state index is 12.6. The molecule has 0 aliphatic carbocycles. The SMILES string of the molecule is COc1ccc(OC(C)C(=O)Nc2ccc(S(=O)(=O)N3CCOCC3)cc2)cc1. The van der Waals surface area contributed by atoms with E-state index < -0.39 is 16.1 Å². The lowest BCUT2D eigenvalue weighted by Gasteiger charge is -2.26. The summed E-state index contributed by atoms with van der Waals surface area (Å²) in [6.07, 6.45) is -0.736. The predicted molar refractivity (Wildman–Crippen MR) is 108 cm³/mol. The van der Waals surface area contributed by atoms with Gasteiger partial charge in [0.15, 0.2) is 6.10 Å². The van der Waals surface area contributed by atoms with Crippen LogP contribution in [0.25, 0.3) is 0 Å². The summed E-state index contributed by atoms with van der Waals surface area (Å²) < 4.78 is 42.6. The molecule has 1 heterocycles. The number of benzene rings is 2. The molecule has 1 amide bonds.